The Hall–Kier alpha value is -2.39. The molecule has 20 heavy (non-hydrogen) atoms. The van der Waals surface area contributed by atoms with Crippen LogP contribution in [-0.4, -0.2) is 12.1 Å². The maximum Gasteiger partial charge on any atom is 0.249 e. The van der Waals surface area contributed by atoms with Crippen LogP contribution in [0, 0.1) is 0 Å². The molecular formula is C17H15NO2. The molecule has 0 aliphatic rings. The molecule has 3 nitrogen and oxygen atoms in total. The van der Waals surface area contributed by atoms with Gasteiger partial charge in [0, 0.05) is 24.1 Å². The van der Waals surface area contributed by atoms with Gasteiger partial charge in [-0.05, 0) is 22.8 Å². The highest BCUT2D eigenvalue weighted by atomic mass is 16.5. The molecule has 0 saturated carbocycles. The summed E-state index contributed by atoms with van der Waals surface area (Å²) >= 11 is 0. The highest BCUT2D eigenvalue weighted by molar-refractivity contribution is 5.94. The van der Waals surface area contributed by atoms with Crippen molar-refractivity contribution in [3.8, 4) is 11.1 Å². The van der Waals surface area contributed by atoms with Gasteiger partial charge in [0.2, 0.25) is 5.56 Å². The first-order chi connectivity index (χ1) is 9.78. The molecular weight excluding hydrogens is 250 g/mol. The van der Waals surface area contributed by atoms with E-state index in [1.807, 2.05) is 48.5 Å². The molecule has 0 radical (unpaired) electrons. The van der Waals surface area contributed by atoms with Crippen LogP contribution in [0.2, 0.25) is 0 Å². The van der Waals surface area contributed by atoms with E-state index in [0.717, 1.165) is 27.6 Å². The van der Waals surface area contributed by atoms with Crippen LogP contribution in [0.3, 0.4) is 0 Å². The molecule has 0 bridgehead atoms. The average molecular weight is 265 g/mol. The van der Waals surface area contributed by atoms with Crippen molar-refractivity contribution in [2.24, 2.45) is 0 Å². The molecule has 1 heterocycles. The first-order valence-corrected chi connectivity index (χ1v) is 6.48. The number of fused-ring (bicyclic) bond motifs is 1. The second-order valence-electron chi connectivity index (χ2n) is 4.73. The van der Waals surface area contributed by atoms with Crippen LogP contribution >= 0.6 is 0 Å². The van der Waals surface area contributed by atoms with Crippen LogP contribution < -0.4 is 5.56 Å². The van der Waals surface area contributed by atoms with Gasteiger partial charge in [-0.25, -0.2) is 0 Å². The van der Waals surface area contributed by atoms with Gasteiger partial charge in [0.05, 0.1) is 6.61 Å². The number of benzene rings is 2. The highest BCUT2D eigenvalue weighted by Gasteiger charge is 2.06. The first kappa shape index (κ1) is 12.6. The number of nitrogens with one attached hydrogen (secondary N) is 1. The predicted molar refractivity (Wildman–Crippen MR) is 80.7 cm³/mol. The van der Waals surface area contributed by atoms with Crippen molar-refractivity contribution in [1.82, 2.24) is 4.98 Å². The first-order valence-electron chi connectivity index (χ1n) is 6.48. The number of aromatic nitrogens is 1. The zero-order valence-corrected chi connectivity index (χ0v) is 11.2. The van der Waals surface area contributed by atoms with Crippen molar-refractivity contribution in [1.29, 1.82) is 0 Å². The van der Waals surface area contributed by atoms with Gasteiger partial charge in [-0.1, -0.05) is 42.5 Å². The van der Waals surface area contributed by atoms with E-state index < -0.39 is 0 Å². The van der Waals surface area contributed by atoms with Gasteiger partial charge in [0.25, 0.3) is 0 Å². The average Bonchev–Trinajstić information content (AvgIpc) is 2.47. The van der Waals surface area contributed by atoms with Gasteiger partial charge in [0.15, 0.2) is 0 Å². The molecule has 0 amide bonds. The summed E-state index contributed by atoms with van der Waals surface area (Å²) in [6.07, 6.45) is 0. The third kappa shape index (κ3) is 2.36. The summed E-state index contributed by atoms with van der Waals surface area (Å²) in [6.45, 7) is 0.535. The lowest BCUT2D eigenvalue weighted by atomic mass is 10.0. The monoisotopic (exact) mass is 265 g/mol. The molecule has 3 aromatic rings. The molecule has 0 atom stereocenters. The second-order valence-corrected chi connectivity index (χ2v) is 4.73. The van der Waals surface area contributed by atoms with E-state index in [0.29, 0.717) is 6.61 Å². The van der Waals surface area contributed by atoms with Gasteiger partial charge in [-0.3, -0.25) is 4.79 Å². The summed E-state index contributed by atoms with van der Waals surface area (Å²) < 4.78 is 5.13. The van der Waals surface area contributed by atoms with Gasteiger partial charge >= 0.3 is 0 Å². The zero-order valence-electron chi connectivity index (χ0n) is 11.2. The Balaban J connectivity index is 2.25. The number of aromatic amines is 1. The number of methoxy groups -OCH3 is 1. The Morgan fingerprint density at radius 2 is 1.85 bits per heavy atom. The van der Waals surface area contributed by atoms with Gasteiger partial charge in [-0.15, -0.1) is 0 Å². The van der Waals surface area contributed by atoms with Crippen LogP contribution in [-0.2, 0) is 11.3 Å². The summed E-state index contributed by atoms with van der Waals surface area (Å²) in [5, 5.41) is 1.04. The Morgan fingerprint density at radius 1 is 1.05 bits per heavy atom. The van der Waals surface area contributed by atoms with E-state index in [1.165, 1.54) is 0 Å². The van der Waals surface area contributed by atoms with E-state index in [-0.39, 0.29) is 5.56 Å². The number of hydrogen-bond acceptors (Lipinski definition) is 2. The molecule has 1 N–H and O–H groups in total. The third-order valence-electron chi connectivity index (χ3n) is 3.30. The van der Waals surface area contributed by atoms with Gasteiger partial charge in [0.1, 0.15) is 0 Å². The van der Waals surface area contributed by atoms with Gasteiger partial charge in [-0.2, -0.15) is 0 Å². The molecule has 0 unspecified atom stereocenters. The summed E-state index contributed by atoms with van der Waals surface area (Å²) in [5.41, 5.74) is 3.79. The van der Waals surface area contributed by atoms with Crippen molar-refractivity contribution in [3.05, 3.63) is 70.5 Å². The number of hydrogen-bond donors (Lipinski definition) is 1. The van der Waals surface area contributed by atoms with E-state index in [1.54, 1.807) is 13.2 Å². The molecule has 100 valence electrons. The Labute approximate surface area is 116 Å². The minimum absolute atomic E-state index is 0.0917. The van der Waals surface area contributed by atoms with Crippen LogP contribution in [0.4, 0.5) is 0 Å². The fraction of sp³-hybridized carbons (Fsp3) is 0.118. The standard InChI is InChI=1S/C17H15NO2/c1-20-11-12-7-8-14-15(13-5-3-2-4-6-13)10-17(19)18-16(14)9-12/h2-10H,11H2,1H3,(H,18,19). The van der Waals surface area contributed by atoms with E-state index in [9.17, 15) is 4.79 Å². The molecule has 0 saturated heterocycles. The molecule has 1 aromatic heterocycles. The number of rotatable bonds is 3. The summed E-state index contributed by atoms with van der Waals surface area (Å²) in [4.78, 5) is 14.7. The highest BCUT2D eigenvalue weighted by Crippen LogP contribution is 2.26. The van der Waals surface area contributed by atoms with Crippen molar-refractivity contribution < 1.29 is 4.74 Å². The van der Waals surface area contributed by atoms with Crippen molar-refractivity contribution in [2.45, 2.75) is 6.61 Å². The van der Waals surface area contributed by atoms with E-state index in [4.69, 9.17) is 4.74 Å². The van der Waals surface area contributed by atoms with Crippen LogP contribution in [0.1, 0.15) is 5.56 Å². The van der Waals surface area contributed by atoms with Crippen LogP contribution in [0.15, 0.2) is 59.4 Å². The minimum Gasteiger partial charge on any atom is -0.380 e. The lowest BCUT2D eigenvalue weighted by molar-refractivity contribution is 0.185. The predicted octanol–water partition coefficient (Wildman–Crippen LogP) is 3.34. The quantitative estimate of drug-likeness (QED) is 0.789. The Kier molecular flexibility index (Phi) is 3.35. The van der Waals surface area contributed by atoms with Crippen molar-refractivity contribution >= 4 is 10.9 Å². The fourth-order valence-corrected chi connectivity index (χ4v) is 2.42. The lowest BCUT2D eigenvalue weighted by Crippen LogP contribution is -2.05. The van der Waals surface area contributed by atoms with Crippen LogP contribution in [0.25, 0.3) is 22.0 Å². The number of pyridine rings is 1. The minimum atomic E-state index is -0.0917. The van der Waals surface area contributed by atoms with E-state index >= 15 is 0 Å². The summed E-state index contributed by atoms with van der Waals surface area (Å²) in [5.74, 6) is 0. The number of H-pyrrole nitrogens is 1. The summed E-state index contributed by atoms with van der Waals surface area (Å²) in [7, 11) is 1.66. The summed E-state index contributed by atoms with van der Waals surface area (Å²) in [6, 6.07) is 17.6. The smallest absolute Gasteiger partial charge is 0.249 e. The number of ether oxygens (including phenoxy) is 1. The van der Waals surface area contributed by atoms with Crippen molar-refractivity contribution in [3.63, 3.8) is 0 Å². The topological polar surface area (TPSA) is 42.1 Å². The molecule has 0 aliphatic heterocycles. The molecule has 2 aromatic carbocycles. The molecule has 3 rings (SSSR count). The maximum absolute atomic E-state index is 11.9. The molecule has 0 aliphatic carbocycles. The van der Waals surface area contributed by atoms with Crippen LogP contribution in [0.5, 0.6) is 0 Å². The zero-order chi connectivity index (χ0) is 13.9. The molecule has 3 heteroatoms. The largest absolute Gasteiger partial charge is 0.380 e. The van der Waals surface area contributed by atoms with Crippen molar-refractivity contribution in [2.75, 3.05) is 7.11 Å². The molecule has 0 spiro atoms. The lowest BCUT2D eigenvalue weighted by Gasteiger charge is -2.08. The van der Waals surface area contributed by atoms with Gasteiger partial charge < -0.3 is 9.72 Å². The maximum atomic E-state index is 11.9. The third-order valence-corrected chi connectivity index (χ3v) is 3.30. The second kappa shape index (κ2) is 5.31. The SMILES string of the molecule is COCc1ccc2c(-c3ccccc3)cc(=O)[nH]c2c1. The molecule has 0 fully saturated rings. The fourth-order valence-electron chi connectivity index (χ4n) is 2.42. The van der Waals surface area contributed by atoms with E-state index in [2.05, 4.69) is 4.98 Å². The normalized spacial score (nSPS) is 10.8. The Morgan fingerprint density at radius 3 is 2.60 bits per heavy atom. The Bertz CT molecular complexity index is 791.